The Morgan fingerprint density at radius 1 is 1.24 bits per heavy atom. The summed E-state index contributed by atoms with van der Waals surface area (Å²) in [4.78, 5) is 5.10. The van der Waals surface area contributed by atoms with Gasteiger partial charge in [-0.3, -0.25) is 4.90 Å². The van der Waals surface area contributed by atoms with Gasteiger partial charge >= 0.3 is 0 Å². The van der Waals surface area contributed by atoms with Crippen LogP contribution < -0.4 is 5.73 Å². The molecular weight excluding hydrogens is 210 g/mol. The lowest BCUT2D eigenvalue weighted by molar-refractivity contribution is 0.0619. The van der Waals surface area contributed by atoms with Crippen LogP contribution in [0.3, 0.4) is 0 Å². The maximum atomic E-state index is 6.09. The van der Waals surface area contributed by atoms with Crippen molar-refractivity contribution in [2.24, 2.45) is 5.73 Å². The van der Waals surface area contributed by atoms with Crippen molar-refractivity contribution in [3.05, 3.63) is 0 Å². The Hall–Kier alpha value is -0.120. The van der Waals surface area contributed by atoms with E-state index in [2.05, 4.69) is 23.9 Å². The minimum Gasteiger partial charge on any atom is -0.329 e. The van der Waals surface area contributed by atoms with Crippen molar-refractivity contribution in [1.82, 2.24) is 9.80 Å². The first-order valence-electron chi connectivity index (χ1n) is 7.29. The summed E-state index contributed by atoms with van der Waals surface area (Å²) in [5.41, 5.74) is 6.40. The first-order chi connectivity index (χ1) is 8.18. The Morgan fingerprint density at radius 3 is 2.47 bits per heavy atom. The van der Waals surface area contributed by atoms with Crippen LogP contribution in [0.2, 0.25) is 0 Å². The maximum Gasteiger partial charge on any atom is 0.0329 e. The van der Waals surface area contributed by atoms with Gasteiger partial charge in [-0.05, 0) is 46.3 Å². The number of rotatable bonds is 4. The molecule has 1 unspecified atom stereocenters. The second kappa shape index (κ2) is 5.68. The summed E-state index contributed by atoms with van der Waals surface area (Å²) in [6, 6.07) is 0.755. The zero-order valence-electron chi connectivity index (χ0n) is 11.6. The SMILES string of the molecule is CN1CCCC1CN(C)C1(CN)CCCCC1. The third-order valence-corrected chi connectivity index (χ3v) is 5.13. The quantitative estimate of drug-likeness (QED) is 0.810. The summed E-state index contributed by atoms with van der Waals surface area (Å²) in [7, 11) is 4.56. The van der Waals surface area contributed by atoms with Gasteiger partial charge in [0.1, 0.15) is 0 Å². The average molecular weight is 239 g/mol. The van der Waals surface area contributed by atoms with E-state index in [9.17, 15) is 0 Å². The second-order valence-electron chi connectivity index (χ2n) is 6.15. The molecule has 100 valence electrons. The molecular formula is C14H29N3. The third-order valence-electron chi connectivity index (χ3n) is 5.13. The fourth-order valence-corrected chi connectivity index (χ4v) is 3.67. The molecule has 1 atom stereocenters. The number of likely N-dealkylation sites (N-methyl/N-ethyl adjacent to an activating group) is 2. The van der Waals surface area contributed by atoms with Gasteiger partial charge in [-0.1, -0.05) is 19.3 Å². The smallest absolute Gasteiger partial charge is 0.0329 e. The van der Waals surface area contributed by atoms with Crippen LogP contribution in [0.1, 0.15) is 44.9 Å². The van der Waals surface area contributed by atoms with E-state index in [-0.39, 0.29) is 0 Å². The van der Waals surface area contributed by atoms with E-state index in [1.165, 1.54) is 58.0 Å². The lowest BCUT2D eigenvalue weighted by Crippen LogP contribution is -2.56. The molecule has 0 amide bonds. The topological polar surface area (TPSA) is 32.5 Å². The largest absolute Gasteiger partial charge is 0.329 e. The molecule has 0 aromatic heterocycles. The van der Waals surface area contributed by atoms with Crippen molar-refractivity contribution >= 4 is 0 Å². The van der Waals surface area contributed by atoms with E-state index in [0.717, 1.165) is 12.6 Å². The molecule has 2 aliphatic rings. The Kier molecular flexibility index (Phi) is 4.45. The van der Waals surface area contributed by atoms with Crippen molar-refractivity contribution < 1.29 is 0 Å². The summed E-state index contributed by atoms with van der Waals surface area (Å²) >= 11 is 0. The monoisotopic (exact) mass is 239 g/mol. The summed E-state index contributed by atoms with van der Waals surface area (Å²) in [5, 5.41) is 0. The lowest BCUT2D eigenvalue weighted by Gasteiger charge is -2.45. The molecule has 0 radical (unpaired) electrons. The number of likely N-dealkylation sites (tertiary alicyclic amines) is 1. The van der Waals surface area contributed by atoms with Crippen LogP contribution in [-0.4, -0.2) is 55.1 Å². The van der Waals surface area contributed by atoms with Crippen molar-refractivity contribution in [2.75, 3.05) is 33.7 Å². The molecule has 0 aromatic carbocycles. The molecule has 3 heteroatoms. The zero-order chi connectivity index (χ0) is 12.3. The zero-order valence-corrected chi connectivity index (χ0v) is 11.6. The van der Waals surface area contributed by atoms with E-state index < -0.39 is 0 Å². The molecule has 1 heterocycles. The molecule has 2 rings (SSSR count). The van der Waals surface area contributed by atoms with Crippen LogP contribution >= 0.6 is 0 Å². The van der Waals surface area contributed by atoms with E-state index in [1.54, 1.807) is 0 Å². The molecule has 2 N–H and O–H groups in total. The lowest BCUT2D eigenvalue weighted by atomic mass is 9.80. The predicted molar refractivity (Wildman–Crippen MR) is 73.2 cm³/mol. The van der Waals surface area contributed by atoms with Crippen molar-refractivity contribution in [3.8, 4) is 0 Å². The fourth-order valence-electron chi connectivity index (χ4n) is 3.67. The van der Waals surface area contributed by atoms with Crippen LogP contribution in [0.5, 0.6) is 0 Å². The van der Waals surface area contributed by atoms with Gasteiger partial charge in [0.2, 0.25) is 0 Å². The molecule has 3 nitrogen and oxygen atoms in total. The van der Waals surface area contributed by atoms with Gasteiger partial charge in [0.15, 0.2) is 0 Å². The van der Waals surface area contributed by atoms with Crippen LogP contribution in [0.25, 0.3) is 0 Å². The highest BCUT2D eigenvalue weighted by molar-refractivity contribution is 4.94. The number of nitrogens with two attached hydrogens (primary N) is 1. The molecule has 17 heavy (non-hydrogen) atoms. The van der Waals surface area contributed by atoms with Gasteiger partial charge in [0, 0.05) is 24.7 Å². The summed E-state index contributed by atoms with van der Waals surface area (Å²) in [5.74, 6) is 0. The molecule has 1 saturated heterocycles. The van der Waals surface area contributed by atoms with Crippen LogP contribution in [0.15, 0.2) is 0 Å². The minimum atomic E-state index is 0.307. The maximum absolute atomic E-state index is 6.09. The van der Waals surface area contributed by atoms with E-state index >= 15 is 0 Å². The third kappa shape index (κ3) is 2.83. The Morgan fingerprint density at radius 2 is 1.94 bits per heavy atom. The number of hydrogen-bond acceptors (Lipinski definition) is 3. The van der Waals surface area contributed by atoms with Crippen LogP contribution in [0.4, 0.5) is 0 Å². The molecule has 0 spiro atoms. The Labute approximate surface area is 106 Å². The van der Waals surface area contributed by atoms with Gasteiger partial charge in [0.25, 0.3) is 0 Å². The Balaban J connectivity index is 1.94. The molecule has 1 saturated carbocycles. The fraction of sp³-hybridized carbons (Fsp3) is 1.00. The van der Waals surface area contributed by atoms with Gasteiger partial charge in [-0.15, -0.1) is 0 Å². The van der Waals surface area contributed by atoms with Crippen LogP contribution in [-0.2, 0) is 0 Å². The van der Waals surface area contributed by atoms with Crippen molar-refractivity contribution in [3.63, 3.8) is 0 Å². The molecule has 2 fully saturated rings. The van der Waals surface area contributed by atoms with Gasteiger partial charge in [0.05, 0.1) is 0 Å². The second-order valence-corrected chi connectivity index (χ2v) is 6.15. The van der Waals surface area contributed by atoms with Crippen LogP contribution in [0, 0.1) is 0 Å². The number of hydrogen-bond donors (Lipinski definition) is 1. The highest BCUT2D eigenvalue weighted by Gasteiger charge is 2.36. The van der Waals surface area contributed by atoms with E-state index in [1.807, 2.05) is 0 Å². The summed E-state index contributed by atoms with van der Waals surface area (Å²) in [6.45, 7) is 3.31. The van der Waals surface area contributed by atoms with Crippen molar-refractivity contribution in [2.45, 2.75) is 56.5 Å². The minimum absolute atomic E-state index is 0.307. The first kappa shape index (κ1) is 13.3. The predicted octanol–water partition coefficient (Wildman–Crippen LogP) is 1.67. The van der Waals surface area contributed by atoms with Gasteiger partial charge < -0.3 is 10.6 Å². The first-order valence-corrected chi connectivity index (χ1v) is 7.29. The standard InChI is InChI=1S/C14H29N3/c1-16-10-6-7-13(16)11-17(2)14(12-15)8-4-3-5-9-14/h13H,3-12,15H2,1-2H3. The molecule has 0 aromatic rings. The van der Waals surface area contributed by atoms with E-state index in [0.29, 0.717) is 5.54 Å². The molecule has 0 bridgehead atoms. The van der Waals surface area contributed by atoms with Gasteiger partial charge in [-0.2, -0.15) is 0 Å². The Bertz CT molecular complexity index is 236. The van der Waals surface area contributed by atoms with E-state index in [4.69, 9.17) is 5.73 Å². The normalized spacial score (nSPS) is 30.0. The van der Waals surface area contributed by atoms with Gasteiger partial charge in [-0.25, -0.2) is 0 Å². The summed E-state index contributed by atoms with van der Waals surface area (Å²) in [6.07, 6.45) is 9.46. The summed E-state index contributed by atoms with van der Waals surface area (Å²) < 4.78 is 0. The van der Waals surface area contributed by atoms with Crippen molar-refractivity contribution in [1.29, 1.82) is 0 Å². The molecule has 1 aliphatic carbocycles. The highest BCUT2D eigenvalue weighted by atomic mass is 15.2. The average Bonchev–Trinajstić information content (AvgIpc) is 2.76. The highest BCUT2D eigenvalue weighted by Crippen LogP contribution is 2.33. The molecule has 1 aliphatic heterocycles. The number of nitrogens with zero attached hydrogens (tertiary/aromatic N) is 2.